The van der Waals surface area contributed by atoms with Crippen molar-refractivity contribution in [2.75, 3.05) is 11.9 Å². The molecule has 0 bridgehead atoms. The first kappa shape index (κ1) is 10.2. The van der Waals surface area contributed by atoms with Crippen molar-refractivity contribution in [3.63, 3.8) is 0 Å². The van der Waals surface area contributed by atoms with E-state index in [9.17, 15) is 0 Å². The molecule has 1 aromatic rings. The largest absolute Gasteiger partial charge is 0.372 e. The summed E-state index contributed by atoms with van der Waals surface area (Å²) in [6.07, 6.45) is 2.02. The second-order valence-electron chi connectivity index (χ2n) is 2.86. The minimum absolute atomic E-state index is 0.651. The van der Waals surface area contributed by atoms with Crippen molar-refractivity contribution < 1.29 is 0 Å². The Hall–Kier alpha value is -0.900. The molecule has 0 aliphatic carbocycles. The van der Waals surface area contributed by atoms with E-state index in [1.807, 2.05) is 6.07 Å². The molecule has 72 valence electrons. The number of aromatic nitrogens is 2. The molecule has 13 heavy (non-hydrogen) atoms. The molecule has 3 nitrogen and oxygen atoms in total. The lowest BCUT2D eigenvalue weighted by Crippen LogP contribution is -2.03. The number of aromatic amines is 1. The maximum Gasteiger partial charge on any atom is 0.131 e. The zero-order valence-electron chi connectivity index (χ0n) is 8.05. The molecule has 0 unspecified atom stereocenters. The Balaban J connectivity index is 2.90. The molecule has 0 atom stereocenters. The topological polar surface area (TPSA) is 40.7 Å². The summed E-state index contributed by atoms with van der Waals surface area (Å²) in [4.78, 5) is 7.42. The molecule has 0 fully saturated rings. The van der Waals surface area contributed by atoms with Crippen LogP contribution in [0.25, 0.3) is 0 Å². The quantitative estimate of drug-likeness (QED) is 0.729. The van der Waals surface area contributed by atoms with Gasteiger partial charge in [0.1, 0.15) is 16.3 Å². The first-order chi connectivity index (χ1) is 6.26. The van der Waals surface area contributed by atoms with Gasteiger partial charge in [-0.05, 0) is 13.3 Å². The maximum absolute atomic E-state index is 5.04. The van der Waals surface area contributed by atoms with Crippen LogP contribution in [0.2, 0.25) is 0 Å². The van der Waals surface area contributed by atoms with Crippen LogP contribution < -0.4 is 5.32 Å². The summed E-state index contributed by atoms with van der Waals surface area (Å²) in [6.45, 7) is 5.07. The minimum Gasteiger partial charge on any atom is -0.372 e. The van der Waals surface area contributed by atoms with Gasteiger partial charge < -0.3 is 10.3 Å². The smallest absolute Gasteiger partial charge is 0.131 e. The number of aryl methyl sites for hydroxylation is 1. The Labute approximate surface area is 83.6 Å². The van der Waals surface area contributed by atoms with E-state index >= 15 is 0 Å². The molecule has 4 heteroatoms. The van der Waals surface area contributed by atoms with Crippen molar-refractivity contribution in [1.82, 2.24) is 9.97 Å². The van der Waals surface area contributed by atoms with Crippen LogP contribution in [0.15, 0.2) is 6.07 Å². The van der Waals surface area contributed by atoms with Crippen molar-refractivity contribution in [3.8, 4) is 0 Å². The van der Waals surface area contributed by atoms with E-state index in [4.69, 9.17) is 12.2 Å². The lowest BCUT2D eigenvalue weighted by atomic mass is 10.3. The van der Waals surface area contributed by atoms with Crippen LogP contribution in [0.5, 0.6) is 0 Å². The normalized spacial score (nSPS) is 10.0. The third-order valence-electron chi connectivity index (χ3n) is 1.65. The lowest BCUT2D eigenvalue weighted by Gasteiger charge is -2.05. The summed E-state index contributed by atoms with van der Waals surface area (Å²) in [5.74, 6) is 1.93. The Bertz CT molecular complexity index is 292. The molecule has 1 rings (SSSR count). The maximum atomic E-state index is 5.04. The highest BCUT2D eigenvalue weighted by Gasteiger charge is 1.96. The lowest BCUT2D eigenvalue weighted by molar-refractivity contribution is 0.831. The van der Waals surface area contributed by atoms with Gasteiger partial charge in [-0.3, -0.25) is 0 Å². The number of nitrogens with zero attached hydrogens (tertiary/aromatic N) is 1. The molecule has 0 aliphatic rings. The van der Waals surface area contributed by atoms with E-state index in [1.54, 1.807) is 0 Å². The van der Waals surface area contributed by atoms with Gasteiger partial charge in [0.2, 0.25) is 0 Å². The van der Waals surface area contributed by atoms with E-state index < -0.39 is 0 Å². The second-order valence-corrected chi connectivity index (χ2v) is 3.28. The zero-order chi connectivity index (χ0) is 9.68. The number of anilines is 1. The Morgan fingerprint density at radius 1 is 1.54 bits per heavy atom. The third kappa shape index (κ3) is 3.14. The predicted octanol–water partition coefficient (Wildman–Crippen LogP) is 2.52. The molecule has 0 radical (unpaired) electrons. The average Bonchev–Trinajstić information content (AvgIpc) is 2.04. The number of rotatable bonds is 4. The second kappa shape index (κ2) is 4.97. The van der Waals surface area contributed by atoms with E-state index in [2.05, 4.69) is 29.1 Å². The predicted molar refractivity (Wildman–Crippen MR) is 57.6 cm³/mol. The molecule has 0 amide bonds. The van der Waals surface area contributed by atoms with Crippen LogP contribution in [0.1, 0.15) is 26.1 Å². The van der Waals surface area contributed by atoms with Gasteiger partial charge in [0.15, 0.2) is 0 Å². The number of H-pyrrole nitrogens is 1. The van der Waals surface area contributed by atoms with Crippen molar-refractivity contribution in [2.45, 2.75) is 26.7 Å². The van der Waals surface area contributed by atoms with Gasteiger partial charge in [0, 0.05) is 19.0 Å². The van der Waals surface area contributed by atoms with Crippen LogP contribution in [0.3, 0.4) is 0 Å². The summed E-state index contributed by atoms with van der Waals surface area (Å²) < 4.78 is 0.651. The standard InChI is InChI=1S/C9H15N3S/c1-3-5-7-11-8(10-4-2)6-9(13)12-7/h6H,3-5H2,1-2H3,(H2,10,11,12,13). The van der Waals surface area contributed by atoms with Crippen molar-refractivity contribution in [2.24, 2.45) is 0 Å². The van der Waals surface area contributed by atoms with Crippen LogP contribution in [-0.4, -0.2) is 16.5 Å². The van der Waals surface area contributed by atoms with E-state index in [-0.39, 0.29) is 0 Å². The summed E-state index contributed by atoms with van der Waals surface area (Å²) in [7, 11) is 0. The Morgan fingerprint density at radius 3 is 2.92 bits per heavy atom. The molecular formula is C9H15N3S. The molecular weight excluding hydrogens is 182 g/mol. The van der Waals surface area contributed by atoms with E-state index in [0.29, 0.717) is 4.64 Å². The third-order valence-corrected chi connectivity index (χ3v) is 1.86. The average molecular weight is 197 g/mol. The highest BCUT2D eigenvalue weighted by molar-refractivity contribution is 7.71. The fourth-order valence-electron chi connectivity index (χ4n) is 1.15. The molecule has 0 saturated heterocycles. The summed E-state index contributed by atoms with van der Waals surface area (Å²) in [5, 5.41) is 3.18. The monoisotopic (exact) mass is 197 g/mol. The number of hydrogen-bond donors (Lipinski definition) is 2. The van der Waals surface area contributed by atoms with Gasteiger partial charge in [0.05, 0.1) is 0 Å². The van der Waals surface area contributed by atoms with Gasteiger partial charge in [-0.15, -0.1) is 0 Å². The number of hydrogen-bond acceptors (Lipinski definition) is 3. The fourth-order valence-corrected chi connectivity index (χ4v) is 1.38. The van der Waals surface area contributed by atoms with Crippen LogP contribution in [0.4, 0.5) is 5.82 Å². The fraction of sp³-hybridized carbons (Fsp3) is 0.556. The van der Waals surface area contributed by atoms with Gasteiger partial charge in [-0.25, -0.2) is 4.98 Å². The summed E-state index contributed by atoms with van der Waals surface area (Å²) in [5.41, 5.74) is 0. The molecule has 0 aliphatic heterocycles. The zero-order valence-corrected chi connectivity index (χ0v) is 8.87. The molecule has 0 aromatic carbocycles. The summed E-state index contributed by atoms with van der Waals surface area (Å²) in [6, 6.07) is 1.85. The molecule has 0 saturated carbocycles. The van der Waals surface area contributed by atoms with Crippen LogP contribution >= 0.6 is 12.2 Å². The van der Waals surface area contributed by atoms with Crippen molar-refractivity contribution in [3.05, 3.63) is 16.5 Å². The van der Waals surface area contributed by atoms with Crippen LogP contribution in [-0.2, 0) is 6.42 Å². The molecule has 1 heterocycles. The highest BCUT2D eigenvalue weighted by Crippen LogP contribution is 2.04. The van der Waals surface area contributed by atoms with E-state index in [1.165, 1.54) is 0 Å². The van der Waals surface area contributed by atoms with Crippen molar-refractivity contribution >= 4 is 18.0 Å². The highest BCUT2D eigenvalue weighted by atomic mass is 32.1. The number of nitrogens with one attached hydrogen (secondary N) is 2. The minimum atomic E-state index is 0.651. The Kier molecular flexibility index (Phi) is 3.89. The van der Waals surface area contributed by atoms with Gasteiger partial charge in [-0.2, -0.15) is 0 Å². The van der Waals surface area contributed by atoms with Gasteiger partial charge >= 0.3 is 0 Å². The van der Waals surface area contributed by atoms with Gasteiger partial charge in [-0.1, -0.05) is 19.1 Å². The summed E-state index contributed by atoms with van der Waals surface area (Å²) >= 11 is 5.04. The molecule has 1 aromatic heterocycles. The Morgan fingerprint density at radius 2 is 2.31 bits per heavy atom. The van der Waals surface area contributed by atoms with Gasteiger partial charge in [0.25, 0.3) is 0 Å². The van der Waals surface area contributed by atoms with Crippen molar-refractivity contribution in [1.29, 1.82) is 0 Å². The molecule has 0 spiro atoms. The van der Waals surface area contributed by atoms with Crippen LogP contribution in [0, 0.1) is 4.64 Å². The first-order valence-corrected chi connectivity index (χ1v) is 5.01. The molecule has 2 N–H and O–H groups in total. The van der Waals surface area contributed by atoms with E-state index in [0.717, 1.165) is 31.0 Å². The first-order valence-electron chi connectivity index (χ1n) is 4.60. The SMILES string of the molecule is CCCc1nc(=S)cc(NCC)[nH]1.